The summed E-state index contributed by atoms with van der Waals surface area (Å²) in [6.45, 7) is 7.58. The van der Waals surface area contributed by atoms with Gasteiger partial charge >= 0.3 is 11.1 Å². The van der Waals surface area contributed by atoms with Crippen LogP contribution in [0.5, 0.6) is 0 Å². The molecule has 0 spiro atoms. The van der Waals surface area contributed by atoms with Crippen LogP contribution in [0, 0.1) is 0 Å². The number of hydrogen-bond donors (Lipinski definition) is 0. The number of esters is 1. The Bertz CT molecular complexity index is 712. The molecule has 0 aliphatic heterocycles. The zero-order chi connectivity index (χ0) is 16.3. The van der Waals surface area contributed by atoms with Gasteiger partial charge in [0.2, 0.25) is 0 Å². The molecule has 22 heavy (non-hydrogen) atoms. The number of carbonyl (C=O) groups is 1. The van der Waals surface area contributed by atoms with Crippen LogP contribution in [0.25, 0.3) is 17.1 Å². The standard InChI is InChI=1S/C14H16N4O3S/c1-5-21-13(19)11-8-12(18(17-11)9(2)3)10-6-7-15-14(16-10)22(4)20/h6-8H,2,5H2,1,3-4H3. The van der Waals surface area contributed by atoms with Crippen molar-refractivity contribution >= 4 is 22.8 Å². The van der Waals surface area contributed by atoms with Crippen LogP contribution < -0.4 is 0 Å². The number of rotatable bonds is 5. The lowest BCUT2D eigenvalue weighted by Crippen LogP contribution is -2.07. The molecule has 1 unspecified atom stereocenters. The minimum absolute atomic E-state index is 0.164. The summed E-state index contributed by atoms with van der Waals surface area (Å²) < 4.78 is 18.0. The van der Waals surface area contributed by atoms with E-state index in [0.29, 0.717) is 17.1 Å². The smallest absolute Gasteiger partial charge is 0.358 e. The van der Waals surface area contributed by atoms with Gasteiger partial charge in [-0.15, -0.1) is 0 Å². The monoisotopic (exact) mass is 320 g/mol. The fraction of sp³-hybridized carbons (Fsp3) is 0.286. The van der Waals surface area contributed by atoms with E-state index < -0.39 is 17.1 Å². The highest BCUT2D eigenvalue weighted by molar-refractivity contribution is 7.90. The second-order valence-corrected chi connectivity index (χ2v) is 5.73. The van der Waals surface area contributed by atoms with Gasteiger partial charge in [-0.2, -0.15) is 15.1 Å². The first-order valence-electron chi connectivity index (χ1n) is 6.54. The fourth-order valence-corrected chi connectivity index (χ4v) is 2.22. The first-order valence-corrected chi connectivity index (χ1v) is 8.09. The number of hydrogen-bond acceptors (Lipinski definition) is 6. The molecule has 0 radical (unpaired) electrons. The molecule has 2 aromatic heterocycles. The SMILES string of the molecule is C=C(C)n1nc(C(=O)OCC)cc1-c1ccnc([S+](C)[O-])n1. The van der Waals surface area contributed by atoms with Crippen molar-refractivity contribution in [3.63, 3.8) is 0 Å². The maximum Gasteiger partial charge on any atom is 0.358 e. The van der Waals surface area contributed by atoms with E-state index in [4.69, 9.17) is 4.74 Å². The predicted molar refractivity (Wildman–Crippen MR) is 82.5 cm³/mol. The first-order chi connectivity index (χ1) is 10.4. The quantitative estimate of drug-likeness (QED) is 0.473. The van der Waals surface area contributed by atoms with Crippen LogP contribution in [0.2, 0.25) is 0 Å². The van der Waals surface area contributed by atoms with Crippen molar-refractivity contribution in [1.29, 1.82) is 0 Å². The van der Waals surface area contributed by atoms with E-state index in [0.717, 1.165) is 0 Å². The third kappa shape index (κ3) is 3.34. The molecule has 2 aromatic rings. The van der Waals surface area contributed by atoms with E-state index in [1.807, 2.05) is 0 Å². The Labute approximate surface area is 131 Å². The lowest BCUT2D eigenvalue weighted by atomic mass is 10.2. The molecule has 2 heterocycles. The summed E-state index contributed by atoms with van der Waals surface area (Å²) in [5, 5.41) is 4.40. The van der Waals surface area contributed by atoms with Gasteiger partial charge in [0.1, 0.15) is 6.26 Å². The van der Waals surface area contributed by atoms with Gasteiger partial charge in [0.25, 0.3) is 0 Å². The maximum atomic E-state index is 11.8. The van der Waals surface area contributed by atoms with Gasteiger partial charge in [0.05, 0.1) is 18.0 Å². The number of nitrogens with zero attached hydrogens (tertiary/aromatic N) is 4. The molecule has 0 amide bonds. The topological polar surface area (TPSA) is 93.0 Å². The third-order valence-electron chi connectivity index (χ3n) is 2.71. The molecule has 2 rings (SSSR count). The van der Waals surface area contributed by atoms with Crippen molar-refractivity contribution in [2.24, 2.45) is 0 Å². The largest absolute Gasteiger partial charge is 0.609 e. The highest BCUT2D eigenvalue weighted by atomic mass is 32.2. The van der Waals surface area contributed by atoms with E-state index in [-0.39, 0.29) is 17.5 Å². The van der Waals surface area contributed by atoms with Crippen LogP contribution in [0.15, 0.2) is 30.1 Å². The molecule has 0 bridgehead atoms. The van der Waals surface area contributed by atoms with Crippen LogP contribution in [0.1, 0.15) is 24.3 Å². The Morgan fingerprint density at radius 3 is 2.86 bits per heavy atom. The van der Waals surface area contributed by atoms with Crippen LogP contribution in [-0.4, -0.2) is 43.1 Å². The lowest BCUT2D eigenvalue weighted by molar-refractivity contribution is 0.0519. The van der Waals surface area contributed by atoms with Gasteiger partial charge in [0, 0.05) is 29.1 Å². The van der Waals surface area contributed by atoms with Crippen molar-refractivity contribution in [2.75, 3.05) is 12.9 Å². The van der Waals surface area contributed by atoms with Crippen molar-refractivity contribution in [3.8, 4) is 11.4 Å². The Morgan fingerprint density at radius 1 is 1.55 bits per heavy atom. The van der Waals surface area contributed by atoms with Crippen molar-refractivity contribution in [3.05, 3.63) is 30.6 Å². The molecular weight excluding hydrogens is 304 g/mol. The number of ether oxygens (including phenoxy) is 1. The molecule has 1 atom stereocenters. The van der Waals surface area contributed by atoms with Gasteiger partial charge < -0.3 is 9.29 Å². The molecular formula is C14H16N4O3S. The normalized spacial score (nSPS) is 12.0. The minimum Gasteiger partial charge on any atom is -0.609 e. The number of carbonyl (C=O) groups excluding carboxylic acids is 1. The summed E-state index contributed by atoms with van der Waals surface area (Å²) in [7, 11) is 0. The fourth-order valence-electron chi connectivity index (χ4n) is 1.78. The van der Waals surface area contributed by atoms with Gasteiger partial charge in [-0.1, -0.05) is 6.58 Å². The Kier molecular flexibility index (Phi) is 4.94. The second kappa shape index (κ2) is 6.71. The van der Waals surface area contributed by atoms with Crippen LogP contribution >= 0.6 is 0 Å². The van der Waals surface area contributed by atoms with Gasteiger partial charge in [0.15, 0.2) is 5.69 Å². The highest BCUT2D eigenvalue weighted by Crippen LogP contribution is 2.22. The summed E-state index contributed by atoms with van der Waals surface area (Å²) in [6.07, 6.45) is 3.01. The summed E-state index contributed by atoms with van der Waals surface area (Å²) >= 11 is -1.30. The molecule has 0 aromatic carbocycles. The van der Waals surface area contributed by atoms with Crippen LogP contribution in [0.4, 0.5) is 0 Å². The average Bonchev–Trinajstić information content (AvgIpc) is 2.93. The zero-order valence-electron chi connectivity index (χ0n) is 12.6. The molecule has 0 aliphatic carbocycles. The lowest BCUT2D eigenvalue weighted by Gasteiger charge is -2.07. The van der Waals surface area contributed by atoms with E-state index >= 15 is 0 Å². The summed E-state index contributed by atoms with van der Waals surface area (Å²) in [5.41, 5.74) is 1.84. The number of allylic oxidation sites excluding steroid dienone is 1. The van der Waals surface area contributed by atoms with Crippen LogP contribution in [-0.2, 0) is 15.9 Å². The van der Waals surface area contributed by atoms with Crippen LogP contribution in [0.3, 0.4) is 0 Å². The van der Waals surface area contributed by atoms with Gasteiger partial charge in [-0.3, -0.25) is 0 Å². The van der Waals surface area contributed by atoms with E-state index in [2.05, 4.69) is 21.6 Å². The minimum atomic E-state index is -1.30. The molecule has 0 saturated carbocycles. The van der Waals surface area contributed by atoms with E-state index in [1.54, 1.807) is 26.0 Å². The van der Waals surface area contributed by atoms with Crippen molar-refractivity contribution in [2.45, 2.75) is 19.0 Å². The van der Waals surface area contributed by atoms with Gasteiger partial charge in [-0.05, 0) is 19.9 Å². The maximum absolute atomic E-state index is 11.8. The third-order valence-corrected chi connectivity index (χ3v) is 3.42. The molecule has 0 aliphatic rings. The first kappa shape index (κ1) is 16.2. The van der Waals surface area contributed by atoms with Crippen molar-refractivity contribution in [1.82, 2.24) is 19.7 Å². The Balaban J connectivity index is 2.51. The molecule has 0 N–H and O–H groups in total. The Hall–Kier alpha value is -2.19. The summed E-state index contributed by atoms with van der Waals surface area (Å²) in [5.74, 6) is -0.517. The van der Waals surface area contributed by atoms with Crippen molar-refractivity contribution < 1.29 is 14.1 Å². The van der Waals surface area contributed by atoms with Gasteiger partial charge in [-0.25, -0.2) is 9.48 Å². The molecule has 8 heteroatoms. The highest BCUT2D eigenvalue weighted by Gasteiger charge is 2.19. The predicted octanol–water partition coefficient (Wildman–Crippen LogP) is 1.74. The van der Waals surface area contributed by atoms with E-state index in [1.165, 1.54) is 17.1 Å². The molecule has 0 fully saturated rings. The average molecular weight is 320 g/mol. The number of aromatic nitrogens is 4. The molecule has 7 nitrogen and oxygen atoms in total. The molecule has 0 saturated heterocycles. The summed E-state index contributed by atoms with van der Waals surface area (Å²) in [4.78, 5) is 20.0. The molecule has 116 valence electrons. The Morgan fingerprint density at radius 2 is 2.27 bits per heavy atom. The summed E-state index contributed by atoms with van der Waals surface area (Å²) in [6, 6.07) is 3.22. The second-order valence-electron chi connectivity index (χ2n) is 4.46. The zero-order valence-corrected chi connectivity index (χ0v) is 13.4. The van der Waals surface area contributed by atoms with E-state index in [9.17, 15) is 9.35 Å².